The van der Waals surface area contributed by atoms with Crippen molar-refractivity contribution in [3.63, 3.8) is 0 Å². The van der Waals surface area contributed by atoms with Gasteiger partial charge in [-0.05, 0) is 11.6 Å². The molecule has 2 aromatic rings. The number of thiophene rings is 1. The zero-order chi connectivity index (χ0) is 11.4. The largest absolute Gasteiger partial charge is 0.478 e. The summed E-state index contributed by atoms with van der Waals surface area (Å²) in [5.41, 5.74) is 0.571. The van der Waals surface area contributed by atoms with E-state index >= 15 is 0 Å². The fourth-order valence-electron chi connectivity index (χ4n) is 0.958. The van der Waals surface area contributed by atoms with Crippen LogP contribution in [-0.2, 0) is 0 Å². The van der Waals surface area contributed by atoms with E-state index in [1.807, 2.05) is 13.8 Å². The first-order valence-electron chi connectivity index (χ1n) is 4.31. The van der Waals surface area contributed by atoms with E-state index in [0.717, 1.165) is 4.70 Å². The molecule has 0 fully saturated rings. The van der Waals surface area contributed by atoms with Gasteiger partial charge in [-0.3, -0.25) is 0 Å². The summed E-state index contributed by atoms with van der Waals surface area (Å²) < 4.78 is 0.724. The molecule has 80 valence electrons. The van der Waals surface area contributed by atoms with Gasteiger partial charge in [-0.15, -0.1) is 11.3 Å². The van der Waals surface area contributed by atoms with Gasteiger partial charge in [0.25, 0.3) is 0 Å². The maximum atomic E-state index is 10.7. The van der Waals surface area contributed by atoms with Gasteiger partial charge < -0.3 is 5.11 Å². The van der Waals surface area contributed by atoms with Crippen LogP contribution in [0.4, 0.5) is 0 Å². The second kappa shape index (κ2) is 5.04. The van der Waals surface area contributed by atoms with Crippen LogP contribution in [0.2, 0.25) is 5.28 Å². The van der Waals surface area contributed by atoms with Gasteiger partial charge in [-0.2, -0.15) is 0 Å². The third-order valence-electron chi connectivity index (χ3n) is 1.52. The third kappa shape index (κ3) is 2.43. The number of carboxylic acids is 1. The number of carboxylic acid groups (broad SMARTS) is 1. The molecule has 0 aliphatic heterocycles. The summed E-state index contributed by atoms with van der Waals surface area (Å²) in [6.45, 7) is 4.00. The molecular weight excluding hydrogens is 236 g/mol. The van der Waals surface area contributed by atoms with Crippen LogP contribution in [-0.4, -0.2) is 21.0 Å². The lowest BCUT2D eigenvalue weighted by atomic mass is 10.3. The van der Waals surface area contributed by atoms with Crippen LogP contribution in [0.3, 0.4) is 0 Å². The predicted molar refractivity (Wildman–Crippen MR) is 60.7 cm³/mol. The van der Waals surface area contributed by atoms with Gasteiger partial charge in [0.05, 0.1) is 10.3 Å². The van der Waals surface area contributed by atoms with Crippen LogP contribution in [0, 0.1) is 0 Å². The number of carbonyl (C=O) groups is 1. The predicted octanol–water partition coefficient (Wildman–Crippen LogP) is 3.07. The van der Waals surface area contributed by atoms with E-state index in [-0.39, 0.29) is 10.8 Å². The van der Waals surface area contributed by atoms with E-state index in [0.29, 0.717) is 5.52 Å². The lowest BCUT2D eigenvalue weighted by Crippen LogP contribution is -1.95. The molecule has 15 heavy (non-hydrogen) atoms. The molecule has 0 aromatic carbocycles. The molecule has 6 heteroatoms. The van der Waals surface area contributed by atoms with Crippen molar-refractivity contribution in [3.05, 3.63) is 22.4 Å². The number of halogens is 1. The van der Waals surface area contributed by atoms with Crippen LogP contribution < -0.4 is 0 Å². The molecule has 0 aliphatic rings. The smallest absolute Gasteiger partial charge is 0.338 e. The molecule has 2 aromatic heterocycles. The van der Waals surface area contributed by atoms with Gasteiger partial charge >= 0.3 is 5.97 Å². The van der Waals surface area contributed by atoms with Crippen LogP contribution >= 0.6 is 22.9 Å². The van der Waals surface area contributed by atoms with E-state index in [9.17, 15) is 4.79 Å². The van der Waals surface area contributed by atoms with Crippen LogP contribution in [0.5, 0.6) is 0 Å². The van der Waals surface area contributed by atoms with Crippen LogP contribution in [0.1, 0.15) is 24.2 Å². The number of aromatic carboxylic acids is 1. The van der Waals surface area contributed by atoms with Gasteiger partial charge in [0.15, 0.2) is 0 Å². The van der Waals surface area contributed by atoms with Crippen molar-refractivity contribution in [1.29, 1.82) is 0 Å². The minimum atomic E-state index is -0.999. The zero-order valence-electron chi connectivity index (χ0n) is 8.19. The fourth-order valence-corrected chi connectivity index (χ4v) is 1.93. The number of aromatic nitrogens is 2. The summed E-state index contributed by atoms with van der Waals surface area (Å²) in [5.74, 6) is -0.999. The van der Waals surface area contributed by atoms with Crippen molar-refractivity contribution < 1.29 is 9.90 Å². The highest BCUT2D eigenvalue weighted by Gasteiger charge is 2.12. The maximum absolute atomic E-state index is 10.7. The Labute approximate surface area is 95.6 Å². The second-order valence-corrected chi connectivity index (χ2v) is 3.56. The zero-order valence-corrected chi connectivity index (χ0v) is 9.76. The van der Waals surface area contributed by atoms with E-state index in [1.54, 1.807) is 0 Å². The summed E-state index contributed by atoms with van der Waals surface area (Å²) >= 11 is 6.83. The van der Waals surface area contributed by atoms with Gasteiger partial charge in [0.2, 0.25) is 5.28 Å². The Kier molecular flexibility index (Phi) is 3.99. The molecule has 0 radical (unpaired) electrons. The van der Waals surface area contributed by atoms with Crippen LogP contribution in [0.15, 0.2) is 11.6 Å². The Morgan fingerprint density at radius 3 is 2.80 bits per heavy atom. The van der Waals surface area contributed by atoms with Gasteiger partial charge in [-0.25, -0.2) is 14.8 Å². The Balaban J connectivity index is 0.000000531. The number of fused-ring (bicyclic) bond motifs is 1. The first kappa shape index (κ1) is 11.9. The van der Waals surface area contributed by atoms with E-state index in [4.69, 9.17) is 16.7 Å². The molecule has 0 bridgehead atoms. The van der Waals surface area contributed by atoms with Crippen molar-refractivity contribution in [1.82, 2.24) is 9.97 Å². The second-order valence-electron chi connectivity index (χ2n) is 2.31. The maximum Gasteiger partial charge on any atom is 0.338 e. The van der Waals surface area contributed by atoms with Gasteiger partial charge in [0.1, 0.15) is 5.52 Å². The summed E-state index contributed by atoms with van der Waals surface area (Å²) in [6, 6.07) is 0. The van der Waals surface area contributed by atoms with Crippen molar-refractivity contribution in [3.8, 4) is 0 Å². The minimum absolute atomic E-state index is 0.0633. The van der Waals surface area contributed by atoms with Crippen molar-refractivity contribution >= 4 is 39.1 Å². The summed E-state index contributed by atoms with van der Waals surface area (Å²) in [5, 5.41) is 10.4. The number of hydrogen-bond acceptors (Lipinski definition) is 4. The number of hydrogen-bond donors (Lipinski definition) is 1. The number of nitrogens with zero attached hydrogens (tertiary/aromatic N) is 2. The van der Waals surface area contributed by atoms with E-state index in [1.165, 1.54) is 22.9 Å². The molecule has 2 rings (SSSR count). The Morgan fingerprint density at radius 2 is 2.20 bits per heavy atom. The monoisotopic (exact) mass is 244 g/mol. The lowest BCUT2D eigenvalue weighted by molar-refractivity contribution is 0.0699. The highest BCUT2D eigenvalue weighted by molar-refractivity contribution is 7.17. The first-order chi connectivity index (χ1) is 7.18. The fraction of sp³-hybridized carbons (Fsp3) is 0.222. The van der Waals surface area contributed by atoms with E-state index in [2.05, 4.69) is 9.97 Å². The SMILES string of the molecule is CC.O=C(O)c1csc2cnc(Cl)nc12. The first-order valence-corrected chi connectivity index (χ1v) is 5.57. The standard InChI is InChI=1S/C7H3ClN2O2S.C2H6/c8-7-9-1-4-5(10-7)3(2-13-4)6(11)12;1-2/h1-2H,(H,11,12);1-2H3. The number of rotatable bonds is 1. The van der Waals surface area contributed by atoms with Crippen molar-refractivity contribution in [2.75, 3.05) is 0 Å². The molecule has 4 nitrogen and oxygen atoms in total. The molecule has 0 aliphatic carbocycles. The van der Waals surface area contributed by atoms with Crippen molar-refractivity contribution in [2.45, 2.75) is 13.8 Å². The normalized spacial score (nSPS) is 9.53. The summed E-state index contributed by atoms with van der Waals surface area (Å²) in [7, 11) is 0. The van der Waals surface area contributed by atoms with Gasteiger partial charge in [0, 0.05) is 11.6 Å². The molecule has 0 saturated heterocycles. The van der Waals surface area contributed by atoms with Gasteiger partial charge in [-0.1, -0.05) is 13.8 Å². The quantitative estimate of drug-likeness (QED) is 0.783. The van der Waals surface area contributed by atoms with E-state index < -0.39 is 5.97 Å². The summed E-state index contributed by atoms with van der Waals surface area (Å²) in [6.07, 6.45) is 1.52. The molecule has 0 spiro atoms. The molecule has 0 unspecified atom stereocenters. The topological polar surface area (TPSA) is 63.1 Å². The Bertz CT molecular complexity index is 484. The molecule has 0 atom stereocenters. The Hall–Kier alpha value is -1.20. The molecule has 0 amide bonds. The Morgan fingerprint density at radius 1 is 1.53 bits per heavy atom. The highest BCUT2D eigenvalue weighted by atomic mass is 35.5. The third-order valence-corrected chi connectivity index (χ3v) is 2.60. The highest BCUT2D eigenvalue weighted by Crippen LogP contribution is 2.24. The average Bonchev–Trinajstić information content (AvgIpc) is 2.63. The molecular formula is C9H9ClN2O2S. The molecule has 1 N–H and O–H groups in total. The van der Waals surface area contributed by atoms with Crippen LogP contribution in [0.25, 0.3) is 10.2 Å². The van der Waals surface area contributed by atoms with Crippen molar-refractivity contribution in [2.24, 2.45) is 0 Å². The average molecular weight is 245 g/mol. The lowest BCUT2D eigenvalue weighted by Gasteiger charge is -1.91. The molecule has 2 heterocycles. The summed E-state index contributed by atoms with van der Waals surface area (Å²) in [4.78, 5) is 18.3. The molecule has 0 saturated carbocycles. The minimum Gasteiger partial charge on any atom is -0.478 e.